The van der Waals surface area contributed by atoms with Crippen molar-refractivity contribution in [1.82, 2.24) is 10.2 Å². The van der Waals surface area contributed by atoms with E-state index in [1.54, 1.807) is 39.0 Å². The monoisotopic (exact) mass is 492 g/mol. The number of carbonyl (C=O) groups is 2. The molecule has 2 heterocycles. The van der Waals surface area contributed by atoms with E-state index in [9.17, 15) is 14.7 Å². The summed E-state index contributed by atoms with van der Waals surface area (Å²) in [5, 5.41) is 14.4. The minimum Gasteiger partial charge on any atom is -0.484 e. The number of amides is 2. The zero-order valence-electron chi connectivity index (χ0n) is 21.8. The molecule has 2 amide bonds. The summed E-state index contributed by atoms with van der Waals surface area (Å²) in [4.78, 5) is 32.5. The smallest absolute Gasteiger partial charge is 0.251 e. The van der Waals surface area contributed by atoms with E-state index in [-0.39, 0.29) is 24.2 Å². The third-order valence-electron chi connectivity index (χ3n) is 7.86. The van der Waals surface area contributed by atoms with Gasteiger partial charge in [-0.25, -0.2) is 4.99 Å². The highest BCUT2D eigenvalue weighted by atomic mass is 16.5. The number of nitrogens with one attached hydrogen (secondary N) is 1. The van der Waals surface area contributed by atoms with Crippen LogP contribution in [0.4, 0.5) is 0 Å². The first-order valence-corrected chi connectivity index (χ1v) is 12.4. The van der Waals surface area contributed by atoms with Crippen molar-refractivity contribution >= 4 is 17.8 Å². The number of guanidine groups is 1. The summed E-state index contributed by atoms with van der Waals surface area (Å²) < 4.78 is 6.05. The van der Waals surface area contributed by atoms with Crippen molar-refractivity contribution in [1.29, 1.82) is 0 Å². The molecule has 4 rings (SSSR count). The minimum absolute atomic E-state index is 0.0914. The lowest BCUT2D eigenvalue weighted by Gasteiger charge is -2.49. The van der Waals surface area contributed by atoms with Gasteiger partial charge >= 0.3 is 0 Å². The molecule has 4 atom stereocenters. The summed E-state index contributed by atoms with van der Waals surface area (Å²) in [5.41, 5.74) is 5.29. The third-order valence-corrected chi connectivity index (χ3v) is 7.86. The summed E-state index contributed by atoms with van der Waals surface area (Å²) in [5.74, 6) is 0.382. The first-order chi connectivity index (χ1) is 16.8. The lowest BCUT2D eigenvalue weighted by Crippen LogP contribution is -2.62. The van der Waals surface area contributed by atoms with Crippen molar-refractivity contribution in [3.8, 4) is 5.75 Å². The fraction of sp³-hybridized carbons (Fsp3) is 0.464. The van der Waals surface area contributed by atoms with Gasteiger partial charge in [-0.15, -0.1) is 0 Å². The Balaban J connectivity index is 1.61. The van der Waals surface area contributed by atoms with Gasteiger partial charge in [0, 0.05) is 11.1 Å². The number of carbonyl (C=O) groups excluding carboxylic acids is 2. The molecule has 2 unspecified atom stereocenters. The number of hydrogen-bond acceptors (Lipinski definition) is 6. The largest absolute Gasteiger partial charge is 0.484 e. The maximum atomic E-state index is 13.4. The molecule has 0 aliphatic carbocycles. The van der Waals surface area contributed by atoms with E-state index in [0.717, 1.165) is 5.56 Å². The highest BCUT2D eigenvalue weighted by Gasteiger charge is 2.53. The van der Waals surface area contributed by atoms with Gasteiger partial charge in [0.15, 0.2) is 5.96 Å². The summed E-state index contributed by atoms with van der Waals surface area (Å²) >= 11 is 0. The second-order valence-electron chi connectivity index (χ2n) is 10.8. The SMILES string of the molecule is CC[C@]1(C)CC(=O)N([C@H](C)c2cccc(C(=O)NC3c4ccccc4OC(C)(C)C3(C)O)c2)C(N)=N1. The number of para-hydroxylation sites is 1. The van der Waals surface area contributed by atoms with Crippen LogP contribution in [0.1, 0.15) is 88.0 Å². The van der Waals surface area contributed by atoms with Crippen molar-refractivity contribution in [3.63, 3.8) is 0 Å². The van der Waals surface area contributed by atoms with Crippen molar-refractivity contribution < 1.29 is 19.4 Å². The Morgan fingerprint density at radius 3 is 2.58 bits per heavy atom. The van der Waals surface area contributed by atoms with Gasteiger partial charge in [0.2, 0.25) is 5.91 Å². The maximum absolute atomic E-state index is 13.4. The normalized spacial score (nSPS) is 28.0. The number of hydrogen-bond donors (Lipinski definition) is 3. The average molecular weight is 493 g/mol. The van der Waals surface area contributed by atoms with Gasteiger partial charge in [0.1, 0.15) is 17.0 Å². The Morgan fingerprint density at radius 2 is 1.92 bits per heavy atom. The van der Waals surface area contributed by atoms with Crippen molar-refractivity contribution in [3.05, 3.63) is 65.2 Å². The van der Waals surface area contributed by atoms with Crippen LogP contribution in [0.3, 0.4) is 0 Å². The summed E-state index contributed by atoms with van der Waals surface area (Å²) in [6.07, 6.45) is 0.996. The molecule has 0 spiro atoms. The molecule has 36 heavy (non-hydrogen) atoms. The molecule has 8 heteroatoms. The van der Waals surface area contributed by atoms with Crippen LogP contribution >= 0.6 is 0 Å². The zero-order chi connectivity index (χ0) is 26.5. The molecule has 4 N–H and O–H groups in total. The Hall–Kier alpha value is -3.39. The molecule has 2 aliphatic heterocycles. The molecular formula is C28H36N4O4. The number of ether oxygens (including phenoxy) is 1. The van der Waals surface area contributed by atoms with Crippen LogP contribution in [-0.4, -0.2) is 44.5 Å². The molecule has 192 valence electrons. The van der Waals surface area contributed by atoms with Crippen LogP contribution in [0.5, 0.6) is 5.75 Å². The topological polar surface area (TPSA) is 117 Å². The van der Waals surface area contributed by atoms with Crippen molar-refractivity contribution in [2.24, 2.45) is 10.7 Å². The minimum atomic E-state index is -1.38. The number of nitrogens with two attached hydrogens (primary N) is 1. The van der Waals surface area contributed by atoms with E-state index in [0.29, 0.717) is 23.3 Å². The molecular weight excluding hydrogens is 456 g/mol. The van der Waals surface area contributed by atoms with E-state index in [1.165, 1.54) is 4.90 Å². The van der Waals surface area contributed by atoms with Gasteiger partial charge in [-0.1, -0.05) is 37.3 Å². The maximum Gasteiger partial charge on any atom is 0.251 e. The number of fused-ring (bicyclic) bond motifs is 1. The molecule has 0 aromatic heterocycles. The fourth-order valence-electron chi connectivity index (χ4n) is 4.89. The van der Waals surface area contributed by atoms with Gasteiger partial charge in [-0.05, 0) is 64.8 Å². The molecule has 2 aliphatic rings. The van der Waals surface area contributed by atoms with Crippen molar-refractivity contribution in [2.45, 2.75) is 83.2 Å². The lowest BCUT2D eigenvalue weighted by atomic mass is 9.75. The van der Waals surface area contributed by atoms with Gasteiger partial charge in [0.05, 0.1) is 24.0 Å². The quantitative estimate of drug-likeness (QED) is 0.586. The van der Waals surface area contributed by atoms with E-state index in [2.05, 4.69) is 10.3 Å². The number of benzene rings is 2. The molecule has 0 radical (unpaired) electrons. The third kappa shape index (κ3) is 4.34. The highest BCUT2D eigenvalue weighted by Crippen LogP contribution is 2.46. The zero-order valence-corrected chi connectivity index (χ0v) is 21.8. The van der Waals surface area contributed by atoms with Gasteiger partial charge in [-0.2, -0.15) is 0 Å². The summed E-state index contributed by atoms with van der Waals surface area (Å²) in [6.45, 7) is 11.1. The first-order valence-electron chi connectivity index (χ1n) is 12.4. The molecule has 0 bridgehead atoms. The van der Waals surface area contributed by atoms with Crippen molar-refractivity contribution in [2.75, 3.05) is 0 Å². The van der Waals surface area contributed by atoms with E-state index >= 15 is 0 Å². The van der Waals surface area contributed by atoms with Crippen LogP contribution in [0.15, 0.2) is 53.5 Å². The second kappa shape index (κ2) is 8.92. The Labute approximate surface area is 212 Å². The van der Waals surface area contributed by atoms with E-state index < -0.39 is 28.8 Å². The van der Waals surface area contributed by atoms with Crippen LogP contribution in [0, 0.1) is 0 Å². The van der Waals surface area contributed by atoms with Crippen LogP contribution in [0.25, 0.3) is 0 Å². The Bertz CT molecular complexity index is 1220. The number of aliphatic imine (C=N–C) groups is 1. The van der Waals surface area contributed by atoms with Gasteiger partial charge in [-0.3, -0.25) is 14.5 Å². The van der Waals surface area contributed by atoms with E-state index in [4.69, 9.17) is 10.5 Å². The standard InChI is InChI=1S/C28H36N4O4/c1-7-27(5)16-22(33)32(25(29)31-27)17(2)18-11-10-12-19(15-18)24(34)30-23-20-13-8-9-14-21(20)36-26(3,4)28(23,6)35/h8-15,17,23,35H,7,16H2,1-6H3,(H2,29,31)(H,30,34)/t17-,23?,27-,28?/m1/s1. The van der Waals surface area contributed by atoms with Gasteiger partial charge in [0.25, 0.3) is 5.91 Å². The second-order valence-corrected chi connectivity index (χ2v) is 10.8. The van der Waals surface area contributed by atoms with Crippen LogP contribution < -0.4 is 15.8 Å². The molecule has 0 saturated heterocycles. The number of rotatable bonds is 5. The van der Waals surface area contributed by atoms with Crippen LogP contribution in [-0.2, 0) is 4.79 Å². The number of nitrogens with zero attached hydrogens (tertiary/aromatic N) is 2. The Kier molecular flexibility index (Phi) is 6.37. The highest BCUT2D eigenvalue weighted by molar-refractivity contribution is 5.99. The van der Waals surface area contributed by atoms with Gasteiger partial charge < -0.3 is 20.9 Å². The molecule has 0 saturated carbocycles. The predicted octanol–water partition coefficient (Wildman–Crippen LogP) is 3.86. The fourth-order valence-corrected chi connectivity index (χ4v) is 4.89. The molecule has 8 nitrogen and oxygen atoms in total. The van der Waals surface area contributed by atoms with Crippen LogP contribution in [0.2, 0.25) is 0 Å². The number of aliphatic hydroxyl groups is 1. The molecule has 2 aromatic rings. The predicted molar refractivity (Wildman–Crippen MR) is 139 cm³/mol. The van der Waals surface area contributed by atoms with E-state index in [1.807, 2.05) is 51.1 Å². The Morgan fingerprint density at radius 1 is 1.22 bits per heavy atom. The molecule has 0 fully saturated rings. The lowest BCUT2D eigenvalue weighted by molar-refractivity contribution is -0.137. The first kappa shape index (κ1) is 25.7. The summed E-state index contributed by atoms with van der Waals surface area (Å²) in [7, 11) is 0. The summed E-state index contributed by atoms with van der Waals surface area (Å²) in [6, 6.07) is 13.4. The molecule has 2 aromatic carbocycles. The average Bonchev–Trinajstić information content (AvgIpc) is 2.81.